The van der Waals surface area contributed by atoms with Gasteiger partial charge in [0.1, 0.15) is 0 Å². The highest BCUT2D eigenvalue weighted by Gasteiger charge is 2.13. The van der Waals surface area contributed by atoms with Crippen molar-refractivity contribution in [2.24, 2.45) is 0 Å². The minimum absolute atomic E-state index is 0.895. The molecule has 0 atom stereocenters. The van der Waals surface area contributed by atoms with Crippen LogP contribution < -0.4 is 5.73 Å². The van der Waals surface area contributed by atoms with Gasteiger partial charge in [-0.25, -0.2) is 0 Å². The molecule has 3 heteroatoms. The first-order chi connectivity index (χ1) is 6.29. The molecule has 0 saturated heterocycles. The topological polar surface area (TPSA) is 38.9 Å². The van der Waals surface area contributed by atoms with Gasteiger partial charge in [0, 0.05) is 11.9 Å². The Balaban J connectivity index is 2.48. The van der Waals surface area contributed by atoms with E-state index in [1.165, 1.54) is 30.5 Å². The van der Waals surface area contributed by atoms with Gasteiger partial charge in [-0.05, 0) is 47.2 Å². The predicted octanol–water partition coefficient (Wildman–Crippen LogP) is 2.70. The second-order valence-electron chi connectivity index (χ2n) is 3.51. The number of aromatic nitrogens is 1. The van der Waals surface area contributed by atoms with E-state index in [4.69, 9.17) is 5.73 Å². The Morgan fingerprint density at radius 3 is 2.85 bits per heavy atom. The molecule has 0 aromatic carbocycles. The average molecular weight is 241 g/mol. The number of aryl methyl sites for hydroxylation is 1. The van der Waals surface area contributed by atoms with Crippen LogP contribution in [0.15, 0.2) is 10.7 Å². The van der Waals surface area contributed by atoms with E-state index in [-0.39, 0.29) is 0 Å². The Hall–Kier alpha value is -0.570. The highest BCUT2D eigenvalue weighted by atomic mass is 79.9. The van der Waals surface area contributed by atoms with E-state index < -0.39 is 0 Å². The summed E-state index contributed by atoms with van der Waals surface area (Å²) in [7, 11) is 0. The Morgan fingerprint density at radius 2 is 2.00 bits per heavy atom. The zero-order valence-electron chi connectivity index (χ0n) is 7.52. The lowest BCUT2D eigenvalue weighted by atomic mass is 10.1. The van der Waals surface area contributed by atoms with Crippen LogP contribution in [0, 0.1) is 0 Å². The maximum absolute atomic E-state index is 5.99. The minimum atomic E-state index is 0.895. The first kappa shape index (κ1) is 9.00. The van der Waals surface area contributed by atoms with E-state index >= 15 is 0 Å². The summed E-state index contributed by atoms with van der Waals surface area (Å²) in [6.45, 7) is 0. The van der Waals surface area contributed by atoms with E-state index in [0.717, 1.165) is 23.0 Å². The first-order valence-electron chi connectivity index (χ1n) is 4.71. The van der Waals surface area contributed by atoms with Crippen molar-refractivity contribution in [1.29, 1.82) is 0 Å². The Labute approximate surface area is 86.7 Å². The van der Waals surface area contributed by atoms with Gasteiger partial charge in [-0.3, -0.25) is 4.98 Å². The third-order valence-electron chi connectivity index (χ3n) is 2.60. The molecule has 2 N–H and O–H groups in total. The summed E-state index contributed by atoms with van der Waals surface area (Å²) < 4.78 is 0.938. The number of hydrogen-bond acceptors (Lipinski definition) is 2. The van der Waals surface area contributed by atoms with Crippen molar-refractivity contribution in [3.63, 3.8) is 0 Å². The standard InChI is InChI=1S/C10H13BrN2/c11-8-6-13-9-5-3-1-2-4-7(9)10(8)12/h6H,1-5H2,(H2,12,13). The molecule has 1 aromatic heterocycles. The molecule has 2 nitrogen and oxygen atoms in total. The molecule has 2 rings (SSSR count). The van der Waals surface area contributed by atoms with E-state index in [9.17, 15) is 0 Å². The van der Waals surface area contributed by atoms with Crippen molar-refractivity contribution in [3.8, 4) is 0 Å². The zero-order chi connectivity index (χ0) is 9.26. The van der Waals surface area contributed by atoms with Gasteiger partial charge in [-0.15, -0.1) is 0 Å². The van der Waals surface area contributed by atoms with Crippen molar-refractivity contribution >= 4 is 21.6 Å². The quantitative estimate of drug-likeness (QED) is 0.709. The SMILES string of the molecule is Nc1c(Br)cnc2c1CCCCC2. The molecule has 70 valence electrons. The van der Waals surface area contributed by atoms with Gasteiger partial charge < -0.3 is 5.73 Å². The molecule has 0 bridgehead atoms. The van der Waals surface area contributed by atoms with Crippen LogP contribution in [0.25, 0.3) is 0 Å². The summed E-state index contributed by atoms with van der Waals surface area (Å²) in [5, 5.41) is 0. The van der Waals surface area contributed by atoms with Crippen molar-refractivity contribution < 1.29 is 0 Å². The summed E-state index contributed by atoms with van der Waals surface area (Å²) in [5.74, 6) is 0. The van der Waals surface area contributed by atoms with Gasteiger partial charge in [-0.1, -0.05) is 6.42 Å². The third kappa shape index (κ3) is 1.70. The maximum atomic E-state index is 5.99. The second-order valence-corrected chi connectivity index (χ2v) is 4.36. The Kier molecular flexibility index (Phi) is 2.54. The number of rotatable bonds is 0. The summed E-state index contributed by atoms with van der Waals surface area (Å²) in [6, 6.07) is 0. The highest BCUT2D eigenvalue weighted by Crippen LogP contribution is 2.29. The third-order valence-corrected chi connectivity index (χ3v) is 3.24. The maximum Gasteiger partial charge on any atom is 0.0591 e. The second kappa shape index (κ2) is 3.66. The number of nitrogens with zero attached hydrogens (tertiary/aromatic N) is 1. The van der Waals surface area contributed by atoms with Gasteiger partial charge in [0.15, 0.2) is 0 Å². The molecule has 1 aliphatic carbocycles. The van der Waals surface area contributed by atoms with Crippen molar-refractivity contribution in [1.82, 2.24) is 4.98 Å². The van der Waals surface area contributed by atoms with Crippen LogP contribution in [0.4, 0.5) is 5.69 Å². The lowest BCUT2D eigenvalue weighted by Crippen LogP contribution is -2.01. The minimum Gasteiger partial charge on any atom is -0.397 e. The fourth-order valence-electron chi connectivity index (χ4n) is 1.85. The lowest BCUT2D eigenvalue weighted by Gasteiger charge is -2.08. The average Bonchev–Trinajstić information content (AvgIpc) is 2.36. The molecule has 0 fully saturated rings. The molecular weight excluding hydrogens is 228 g/mol. The first-order valence-corrected chi connectivity index (χ1v) is 5.50. The molecule has 0 amide bonds. The number of anilines is 1. The molecular formula is C10H13BrN2. The van der Waals surface area contributed by atoms with E-state index in [1.807, 2.05) is 6.20 Å². The van der Waals surface area contributed by atoms with E-state index in [0.29, 0.717) is 0 Å². The number of pyridine rings is 1. The van der Waals surface area contributed by atoms with Crippen LogP contribution in [0.5, 0.6) is 0 Å². The molecule has 1 aromatic rings. The fourth-order valence-corrected chi connectivity index (χ4v) is 2.19. The number of halogens is 1. The molecule has 0 spiro atoms. The summed E-state index contributed by atoms with van der Waals surface area (Å²) in [6.07, 6.45) is 7.80. The lowest BCUT2D eigenvalue weighted by molar-refractivity contribution is 0.709. The molecule has 1 heterocycles. The smallest absolute Gasteiger partial charge is 0.0591 e. The molecule has 0 unspecified atom stereocenters. The van der Waals surface area contributed by atoms with Crippen LogP contribution in [-0.4, -0.2) is 4.98 Å². The van der Waals surface area contributed by atoms with Crippen LogP contribution in [0.3, 0.4) is 0 Å². The van der Waals surface area contributed by atoms with Crippen LogP contribution in [0.1, 0.15) is 30.5 Å². The zero-order valence-corrected chi connectivity index (χ0v) is 9.10. The Bertz CT molecular complexity index is 323. The summed E-state index contributed by atoms with van der Waals surface area (Å²) in [4.78, 5) is 4.41. The monoisotopic (exact) mass is 240 g/mol. The fraction of sp³-hybridized carbons (Fsp3) is 0.500. The molecule has 13 heavy (non-hydrogen) atoms. The van der Waals surface area contributed by atoms with Crippen LogP contribution in [-0.2, 0) is 12.8 Å². The summed E-state index contributed by atoms with van der Waals surface area (Å²) >= 11 is 3.41. The molecule has 0 aliphatic heterocycles. The van der Waals surface area contributed by atoms with Gasteiger partial charge in [0.2, 0.25) is 0 Å². The summed E-state index contributed by atoms with van der Waals surface area (Å²) in [5.41, 5.74) is 9.36. The number of fused-ring (bicyclic) bond motifs is 1. The molecule has 0 saturated carbocycles. The Morgan fingerprint density at radius 1 is 1.23 bits per heavy atom. The molecule has 1 aliphatic rings. The largest absolute Gasteiger partial charge is 0.397 e. The van der Waals surface area contributed by atoms with Crippen LogP contribution >= 0.6 is 15.9 Å². The van der Waals surface area contributed by atoms with Crippen molar-refractivity contribution in [2.45, 2.75) is 32.1 Å². The number of nitrogen functional groups attached to an aromatic ring is 1. The number of nitrogens with two attached hydrogens (primary N) is 1. The predicted molar refractivity (Wildman–Crippen MR) is 57.6 cm³/mol. The van der Waals surface area contributed by atoms with Gasteiger partial charge in [0.25, 0.3) is 0 Å². The van der Waals surface area contributed by atoms with Gasteiger partial charge in [0.05, 0.1) is 10.2 Å². The normalized spacial score (nSPS) is 16.4. The highest BCUT2D eigenvalue weighted by molar-refractivity contribution is 9.10. The van der Waals surface area contributed by atoms with E-state index in [1.54, 1.807) is 0 Å². The van der Waals surface area contributed by atoms with Gasteiger partial charge >= 0.3 is 0 Å². The van der Waals surface area contributed by atoms with Crippen molar-refractivity contribution in [3.05, 3.63) is 21.9 Å². The van der Waals surface area contributed by atoms with Gasteiger partial charge in [-0.2, -0.15) is 0 Å². The number of hydrogen-bond donors (Lipinski definition) is 1. The van der Waals surface area contributed by atoms with Crippen molar-refractivity contribution in [2.75, 3.05) is 5.73 Å². The van der Waals surface area contributed by atoms with Crippen LogP contribution in [0.2, 0.25) is 0 Å². The van der Waals surface area contributed by atoms with E-state index in [2.05, 4.69) is 20.9 Å². The molecule has 0 radical (unpaired) electrons.